The van der Waals surface area contributed by atoms with Gasteiger partial charge < -0.3 is 19.3 Å². The molecule has 0 unspecified atom stereocenters. The minimum absolute atomic E-state index is 0.0134. The summed E-state index contributed by atoms with van der Waals surface area (Å²) < 4.78 is 11.9. The number of ether oxygens (including phenoxy) is 2. The number of halogens is 1. The number of nitrogens with zero attached hydrogens (tertiary/aromatic N) is 2. The molecule has 0 aliphatic carbocycles. The first-order valence-corrected chi connectivity index (χ1v) is 10.4. The van der Waals surface area contributed by atoms with E-state index in [9.17, 15) is 4.79 Å². The van der Waals surface area contributed by atoms with E-state index in [-0.39, 0.29) is 12.5 Å². The second kappa shape index (κ2) is 8.74. The van der Waals surface area contributed by atoms with Gasteiger partial charge in [0.25, 0.3) is 5.91 Å². The smallest absolute Gasteiger partial charge is 0.260 e. The van der Waals surface area contributed by atoms with Crippen LogP contribution in [0.15, 0.2) is 65.1 Å². The highest BCUT2D eigenvalue weighted by atomic mass is 79.9. The maximum atomic E-state index is 12.6. The Morgan fingerprint density at radius 3 is 2.41 bits per heavy atom. The van der Waals surface area contributed by atoms with Crippen LogP contribution in [-0.4, -0.2) is 50.7 Å². The first-order valence-electron chi connectivity index (χ1n) is 9.62. The highest BCUT2D eigenvalue weighted by Gasteiger charge is 2.22. The van der Waals surface area contributed by atoms with E-state index in [0.29, 0.717) is 18.8 Å². The average molecular weight is 455 g/mol. The number of methoxy groups -OCH3 is 1. The molecule has 0 radical (unpaired) electrons. The van der Waals surface area contributed by atoms with Gasteiger partial charge in [0.1, 0.15) is 11.5 Å². The second-order valence-electron chi connectivity index (χ2n) is 6.95. The molecule has 5 nitrogen and oxygen atoms in total. The van der Waals surface area contributed by atoms with Gasteiger partial charge in [-0.05, 0) is 57.0 Å². The summed E-state index contributed by atoms with van der Waals surface area (Å²) >= 11 is 3.61. The van der Waals surface area contributed by atoms with Crippen LogP contribution in [0.4, 0.5) is 5.69 Å². The Hall–Kier alpha value is -2.73. The van der Waals surface area contributed by atoms with E-state index in [4.69, 9.17) is 9.47 Å². The van der Waals surface area contributed by atoms with Crippen molar-refractivity contribution < 1.29 is 14.3 Å². The van der Waals surface area contributed by atoms with Gasteiger partial charge in [0.05, 0.1) is 11.6 Å². The van der Waals surface area contributed by atoms with Crippen molar-refractivity contribution in [2.75, 3.05) is 44.8 Å². The normalized spacial score (nSPS) is 14.1. The van der Waals surface area contributed by atoms with Crippen LogP contribution in [-0.2, 0) is 4.79 Å². The van der Waals surface area contributed by atoms with Gasteiger partial charge in [-0.3, -0.25) is 4.79 Å². The summed E-state index contributed by atoms with van der Waals surface area (Å²) in [6, 6.07) is 20.0. The van der Waals surface area contributed by atoms with Crippen LogP contribution in [0.2, 0.25) is 0 Å². The summed E-state index contributed by atoms with van der Waals surface area (Å²) in [6.07, 6.45) is 0. The van der Waals surface area contributed by atoms with Crippen LogP contribution in [0.25, 0.3) is 10.8 Å². The first-order chi connectivity index (χ1) is 14.2. The molecule has 4 rings (SSSR count). The zero-order valence-electron chi connectivity index (χ0n) is 16.3. The molecule has 1 fully saturated rings. The third-order valence-electron chi connectivity index (χ3n) is 5.25. The molecule has 1 saturated heterocycles. The molecule has 0 aromatic heterocycles. The van der Waals surface area contributed by atoms with E-state index < -0.39 is 0 Å². The average Bonchev–Trinajstić information content (AvgIpc) is 2.79. The minimum atomic E-state index is 0.0134. The van der Waals surface area contributed by atoms with Gasteiger partial charge in [-0.15, -0.1) is 0 Å². The fraction of sp³-hybridized carbons (Fsp3) is 0.261. The lowest BCUT2D eigenvalue weighted by Gasteiger charge is -2.36. The lowest BCUT2D eigenvalue weighted by Crippen LogP contribution is -2.50. The van der Waals surface area contributed by atoms with Gasteiger partial charge in [-0.2, -0.15) is 0 Å². The van der Waals surface area contributed by atoms with Crippen molar-refractivity contribution in [1.82, 2.24) is 4.90 Å². The number of hydrogen-bond acceptors (Lipinski definition) is 4. The van der Waals surface area contributed by atoms with E-state index in [1.54, 1.807) is 7.11 Å². The molecule has 6 heteroatoms. The molecule has 3 aromatic rings. The lowest BCUT2D eigenvalue weighted by atomic mass is 10.1. The molecule has 0 bridgehead atoms. The van der Waals surface area contributed by atoms with E-state index in [0.717, 1.165) is 39.8 Å². The van der Waals surface area contributed by atoms with E-state index in [1.165, 1.54) is 0 Å². The molecular weight excluding hydrogens is 432 g/mol. The molecule has 1 heterocycles. The number of piperazine rings is 1. The number of hydrogen-bond donors (Lipinski definition) is 0. The quantitative estimate of drug-likeness (QED) is 0.574. The third-order valence-corrected chi connectivity index (χ3v) is 6.07. The minimum Gasteiger partial charge on any atom is -0.497 e. The van der Waals surface area contributed by atoms with E-state index in [1.807, 2.05) is 47.4 Å². The van der Waals surface area contributed by atoms with E-state index in [2.05, 4.69) is 39.0 Å². The molecule has 3 aromatic carbocycles. The molecule has 0 atom stereocenters. The third kappa shape index (κ3) is 4.32. The number of carbonyl (C=O) groups is 1. The van der Waals surface area contributed by atoms with Crippen LogP contribution in [0.1, 0.15) is 0 Å². The van der Waals surface area contributed by atoms with Crippen molar-refractivity contribution in [3.63, 3.8) is 0 Å². The Kier molecular flexibility index (Phi) is 5.90. The second-order valence-corrected chi connectivity index (χ2v) is 7.75. The Balaban J connectivity index is 1.32. The molecule has 0 N–H and O–H groups in total. The van der Waals surface area contributed by atoms with Crippen LogP contribution < -0.4 is 14.4 Å². The van der Waals surface area contributed by atoms with E-state index >= 15 is 0 Å². The summed E-state index contributed by atoms with van der Waals surface area (Å²) in [6.45, 7) is 3.02. The van der Waals surface area contributed by atoms with Gasteiger partial charge in [0.15, 0.2) is 6.61 Å². The SMILES string of the molecule is COc1ccc(N2CCN(C(=O)COc3ccc4ccccc4c3Br)CC2)cc1. The first kappa shape index (κ1) is 19.6. The van der Waals surface area contributed by atoms with Crippen molar-refractivity contribution >= 4 is 38.3 Å². The van der Waals surface area contributed by atoms with Crippen molar-refractivity contribution in [3.8, 4) is 11.5 Å². The molecule has 29 heavy (non-hydrogen) atoms. The molecule has 1 amide bonds. The predicted molar refractivity (Wildman–Crippen MR) is 119 cm³/mol. The Bertz CT molecular complexity index is 999. The summed E-state index contributed by atoms with van der Waals surface area (Å²) in [7, 11) is 1.66. The van der Waals surface area contributed by atoms with Gasteiger partial charge in [-0.25, -0.2) is 0 Å². The van der Waals surface area contributed by atoms with Crippen molar-refractivity contribution in [2.45, 2.75) is 0 Å². The zero-order valence-corrected chi connectivity index (χ0v) is 17.9. The summed E-state index contributed by atoms with van der Waals surface area (Å²) in [4.78, 5) is 16.8. The monoisotopic (exact) mass is 454 g/mol. The molecule has 0 saturated carbocycles. The highest BCUT2D eigenvalue weighted by molar-refractivity contribution is 9.10. The van der Waals surface area contributed by atoms with Gasteiger partial charge in [0.2, 0.25) is 0 Å². The standard InChI is InChI=1S/C23H23BrN2O3/c1-28-19-9-7-18(8-10-19)25-12-14-26(15-13-25)22(27)16-29-21-11-6-17-4-2-3-5-20(17)23(21)24/h2-11H,12-16H2,1H3. The molecule has 150 valence electrons. The molecule has 1 aliphatic heterocycles. The zero-order chi connectivity index (χ0) is 20.2. The number of amides is 1. The predicted octanol–water partition coefficient (Wildman–Crippen LogP) is 4.34. The number of anilines is 1. The number of rotatable bonds is 5. The summed E-state index contributed by atoms with van der Waals surface area (Å²) in [5.41, 5.74) is 1.15. The lowest BCUT2D eigenvalue weighted by molar-refractivity contribution is -0.133. The Morgan fingerprint density at radius 1 is 0.966 bits per heavy atom. The maximum absolute atomic E-state index is 12.6. The fourth-order valence-corrected chi connectivity index (χ4v) is 4.17. The van der Waals surface area contributed by atoms with Gasteiger partial charge in [-0.1, -0.05) is 30.3 Å². The topological polar surface area (TPSA) is 42.0 Å². The van der Waals surface area contributed by atoms with Crippen LogP contribution in [0, 0.1) is 0 Å². The van der Waals surface area contributed by atoms with Crippen molar-refractivity contribution in [2.24, 2.45) is 0 Å². The number of carbonyl (C=O) groups excluding carboxylic acids is 1. The molecule has 1 aliphatic rings. The summed E-state index contributed by atoms with van der Waals surface area (Å²) in [5.74, 6) is 1.55. The highest BCUT2D eigenvalue weighted by Crippen LogP contribution is 2.33. The van der Waals surface area contributed by atoms with Crippen molar-refractivity contribution in [3.05, 3.63) is 65.1 Å². The number of benzene rings is 3. The maximum Gasteiger partial charge on any atom is 0.260 e. The van der Waals surface area contributed by atoms with Crippen LogP contribution >= 0.6 is 15.9 Å². The Morgan fingerprint density at radius 2 is 1.69 bits per heavy atom. The fourth-order valence-electron chi connectivity index (χ4n) is 3.56. The largest absolute Gasteiger partial charge is 0.497 e. The van der Waals surface area contributed by atoms with Gasteiger partial charge >= 0.3 is 0 Å². The Labute approximate surface area is 178 Å². The van der Waals surface area contributed by atoms with Crippen molar-refractivity contribution in [1.29, 1.82) is 0 Å². The summed E-state index contributed by atoms with van der Waals surface area (Å²) in [5, 5.41) is 2.21. The number of fused-ring (bicyclic) bond motifs is 1. The van der Waals surface area contributed by atoms with Crippen LogP contribution in [0.5, 0.6) is 11.5 Å². The van der Waals surface area contributed by atoms with Gasteiger partial charge in [0, 0.05) is 31.9 Å². The molecule has 0 spiro atoms. The molecular formula is C23H23BrN2O3. The van der Waals surface area contributed by atoms with Crippen LogP contribution in [0.3, 0.4) is 0 Å².